The van der Waals surface area contributed by atoms with Crippen LogP contribution in [0.3, 0.4) is 0 Å². The molecule has 0 aromatic heterocycles. The lowest BCUT2D eigenvalue weighted by Gasteiger charge is -2.09. The molecule has 0 atom stereocenters. The van der Waals surface area contributed by atoms with Gasteiger partial charge in [-0.2, -0.15) is 0 Å². The highest BCUT2D eigenvalue weighted by molar-refractivity contribution is 4.46. The zero-order valence-electron chi connectivity index (χ0n) is 28.0. The lowest BCUT2D eigenvalue weighted by atomic mass is 10.1. The maximum Gasteiger partial charge on any atom is 0.0701 e. The van der Waals surface area contributed by atoms with Crippen LogP contribution in [0.5, 0.6) is 0 Å². The molecule has 11 heteroatoms. The molecule has 0 amide bonds. The second kappa shape index (κ2) is 37.7. The fraction of sp³-hybridized carbons (Fsp3) is 1.00. The van der Waals surface area contributed by atoms with Crippen molar-refractivity contribution in [1.29, 1.82) is 0 Å². The van der Waals surface area contributed by atoms with Gasteiger partial charge in [0.25, 0.3) is 0 Å². The summed E-state index contributed by atoms with van der Waals surface area (Å²) in [7, 11) is 0. The third-order valence-corrected chi connectivity index (χ3v) is 5.86. The molecule has 0 radical (unpaired) electrons. The molecular formula is C32H66O11. The molecule has 0 fully saturated rings. The minimum atomic E-state index is 0.526. The second-order valence-electron chi connectivity index (χ2n) is 10.8. The Morgan fingerprint density at radius 3 is 0.512 bits per heavy atom. The standard InChI is InChI=1S/C32H66O11/c1-31(2)7-5-9-33-11-13-35-15-17-37-19-21-39-23-25-41-27-29-43-30-28-42-26-24-40-22-20-38-18-16-36-14-12-34-10-6-8-32(3)4/h31-32H,5-30H2,1-4H3. The maximum atomic E-state index is 5.53. The van der Waals surface area contributed by atoms with E-state index in [4.69, 9.17) is 52.1 Å². The van der Waals surface area contributed by atoms with E-state index >= 15 is 0 Å². The molecule has 0 saturated carbocycles. The van der Waals surface area contributed by atoms with E-state index in [2.05, 4.69) is 27.7 Å². The highest BCUT2D eigenvalue weighted by Gasteiger charge is 1.98. The Hall–Kier alpha value is -0.440. The predicted octanol–water partition coefficient (Wildman–Crippen LogP) is 4.04. The lowest BCUT2D eigenvalue weighted by Crippen LogP contribution is -2.15. The van der Waals surface area contributed by atoms with E-state index in [1.807, 2.05) is 0 Å². The highest BCUT2D eigenvalue weighted by Crippen LogP contribution is 2.03. The number of rotatable bonds is 38. The predicted molar refractivity (Wildman–Crippen MR) is 167 cm³/mol. The molecule has 0 heterocycles. The van der Waals surface area contributed by atoms with E-state index in [9.17, 15) is 0 Å². The molecule has 0 aromatic carbocycles. The molecule has 260 valence electrons. The summed E-state index contributed by atoms with van der Waals surface area (Å²) in [5.41, 5.74) is 0. The van der Waals surface area contributed by atoms with Crippen molar-refractivity contribution < 1.29 is 52.1 Å². The van der Waals surface area contributed by atoms with Crippen molar-refractivity contribution in [1.82, 2.24) is 0 Å². The molecule has 0 spiro atoms. The van der Waals surface area contributed by atoms with Gasteiger partial charge in [-0.15, -0.1) is 0 Å². The fourth-order valence-electron chi connectivity index (χ4n) is 3.49. The van der Waals surface area contributed by atoms with Crippen LogP contribution >= 0.6 is 0 Å². The van der Waals surface area contributed by atoms with Crippen LogP contribution in [0, 0.1) is 11.8 Å². The van der Waals surface area contributed by atoms with Gasteiger partial charge >= 0.3 is 0 Å². The SMILES string of the molecule is CC(C)CCCOCCOCCOCCOCCOCCOCCOCCOCCOCCOCCOCCCC(C)C. The van der Waals surface area contributed by atoms with Gasteiger partial charge in [0.2, 0.25) is 0 Å². The Labute approximate surface area is 262 Å². The molecule has 0 aliphatic rings. The first kappa shape index (κ1) is 42.6. The first-order valence-electron chi connectivity index (χ1n) is 16.5. The minimum absolute atomic E-state index is 0.526. The van der Waals surface area contributed by atoms with Crippen LogP contribution in [0.1, 0.15) is 53.4 Å². The molecule has 0 unspecified atom stereocenters. The average Bonchev–Trinajstić information content (AvgIpc) is 2.98. The first-order chi connectivity index (χ1) is 21.1. The first-order valence-corrected chi connectivity index (χ1v) is 16.5. The fourth-order valence-corrected chi connectivity index (χ4v) is 3.49. The summed E-state index contributed by atoms with van der Waals surface area (Å²) >= 11 is 0. The molecule has 0 bridgehead atoms. The van der Waals surface area contributed by atoms with Gasteiger partial charge in [-0.3, -0.25) is 0 Å². The number of hydrogen-bond acceptors (Lipinski definition) is 11. The molecule has 0 aliphatic carbocycles. The van der Waals surface area contributed by atoms with Gasteiger partial charge in [0.15, 0.2) is 0 Å². The van der Waals surface area contributed by atoms with Crippen LogP contribution in [-0.4, -0.2) is 145 Å². The van der Waals surface area contributed by atoms with E-state index in [0.29, 0.717) is 132 Å². The smallest absolute Gasteiger partial charge is 0.0701 e. The van der Waals surface area contributed by atoms with Crippen LogP contribution in [0.25, 0.3) is 0 Å². The van der Waals surface area contributed by atoms with Gasteiger partial charge < -0.3 is 52.1 Å². The second-order valence-corrected chi connectivity index (χ2v) is 10.8. The van der Waals surface area contributed by atoms with Gasteiger partial charge in [0.1, 0.15) is 0 Å². The molecule has 0 aromatic rings. The molecule has 43 heavy (non-hydrogen) atoms. The Morgan fingerprint density at radius 2 is 0.372 bits per heavy atom. The van der Waals surface area contributed by atoms with Gasteiger partial charge in [-0.25, -0.2) is 0 Å². The Morgan fingerprint density at radius 1 is 0.233 bits per heavy atom. The van der Waals surface area contributed by atoms with Crippen molar-refractivity contribution in [3.05, 3.63) is 0 Å². The average molecular weight is 627 g/mol. The van der Waals surface area contributed by atoms with Crippen LogP contribution in [0.4, 0.5) is 0 Å². The van der Waals surface area contributed by atoms with E-state index in [1.54, 1.807) is 0 Å². The van der Waals surface area contributed by atoms with Crippen LogP contribution in [0.15, 0.2) is 0 Å². The van der Waals surface area contributed by atoms with E-state index in [0.717, 1.165) is 37.9 Å². The van der Waals surface area contributed by atoms with Crippen LogP contribution < -0.4 is 0 Å². The van der Waals surface area contributed by atoms with E-state index in [-0.39, 0.29) is 0 Å². The van der Waals surface area contributed by atoms with Crippen molar-refractivity contribution in [2.24, 2.45) is 11.8 Å². The van der Waals surface area contributed by atoms with Gasteiger partial charge in [-0.05, 0) is 37.5 Å². The summed E-state index contributed by atoms with van der Waals surface area (Å²) in [6.07, 6.45) is 4.63. The van der Waals surface area contributed by atoms with Crippen molar-refractivity contribution in [2.45, 2.75) is 53.4 Å². The van der Waals surface area contributed by atoms with Crippen molar-refractivity contribution in [3.8, 4) is 0 Å². The van der Waals surface area contributed by atoms with Crippen LogP contribution in [0.2, 0.25) is 0 Å². The molecule has 0 aliphatic heterocycles. The molecular weight excluding hydrogens is 560 g/mol. The van der Waals surface area contributed by atoms with Crippen molar-refractivity contribution >= 4 is 0 Å². The summed E-state index contributed by atoms with van der Waals surface area (Å²) in [6, 6.07) is 0. The molecule has 0 saturated heterocycles. The topological polar surface area (TPSA) is 102 Å². The van der Waals surface area contributed by atoms with Gasteiger partial charge in [0, 0.05) is 13.2 Å². The Kier molecular flexibility index (Phi) is 37.4. The van der Waals surface area contributed by atoms with E-state index in [1.165, 1.54) is 12.8 Å². The minimum Gasteiger partial charge on any atom is -0.379 e. The summed E-state index contributed by atoms with van der Waals surface area (Å²) < 4.78 is 60.4. The molecule has 0 N–H and O–H groups in total. The number of hydrogen-bond donors (Lipinski definition) is 0. The maximum absolute atomic E-state index is 5.53. The number of ether oxygens (including phenoxy) is 11. The Balaban J connectivity index is 3.04. The summed E-state index contributed by atoms with van der Waals surface area (Å²) in [5, 5.41) is 0. The third kappa shape index (κ3) is 41.6. The van der Waals surface area contributed by atoms with Crippen molar-refractivity contribution in [3.63, 3.8) is 0 Å². The zero-order valence-corrected chi connectivity index (χ0v) is 28.0. The summed E-state index contributed by atoms with van der Waals surface area (Å²) in [4.78, 5) is 0. The quantitative estimate of drug-likeness (QED) is 0.0929. The van der Waals surface area contributed by atoms with Crippen LogP contribution in [-0.2, 0) is 52.1 Å². The van der Waals surface area contributed by atoms with Gasteiger partial charge in [-0.1, -0.05) is 27.7 Å². The lowest BCUT2D eigenvalue weighted by molar-refractivity contribution is -0.0275. The highest BCUT2D eigenvalue weighted by atomic mass is 16.6. The van der Waals surface area contributed by atoms with E-state index < -0.39 is 0 Å². The molecule has 11 nitrogen and oxygen atoms in total. The normalized spacial score (nSPS) is 11.9. The monoisotopic (exact) mass is 626 g/mol. The Bertz CT molecular complexity index is 456. The van der Waals surface area contributed by atoms with Crippen molar-refractivity contribution in [2.75, 3.05) is 145 Å². The summed E-state index contributed by atoms with van der Waals surface area (Å²) in [6.45, 7) is 21.7. The molecule has 0 rings (SSSR count). The third-order valence-electron chi connectivity index (χ3n) is 5.86. The zero-order chi connectivity index (χ0) is 31.3. The van der Waals surface area contributed by atoms with Gasteiger partial charge in [0.05, 0.1) is 132 Å². The summed E-state index contributed by atoms with van der Waals surface area (Å²) in [5.74, 6) is 1.47. The largest absolute Gasteiger partial charge is 0.379 e.